The van der Waals surface area contributed by atoms with Gasteiger partial charge in [0.25, 0.3) is 0 Å². The summed E-state index contributed by atoms with van der Waals surface area (Å²) < 4.78 is 0. The van der Waals surface area contributed by atoms with Crippen LogP contribution in [0.5, 0.6) is 0 Å². The zero-order valence-electron chi connectivity index (χ0n) is 9.46. The average molecular weight is 224 g/mol. The first kappa shape index (κ1) is 11.0. The van der Waals surface area contributed by atoms with Crippen molar-refractivity contribution in [3.05, 3.63) is 34.3 Å². The molecule has 1 heterocycles. The fourth-order valence-electron chi connectivity index (χ4n) is 2.40. The molecular formula is C13H18ClN. The van der Waals surface area contributed by atoms with E-state index in [1.165, 1.54) is 17.5 Å². The Bertz CT molecular complexity index is 348. The van der Waals surface area contributed by atoms with Gasteiger partial charge in [-0.05, 0) is 49.1 Å². The summed E-state index contributed by atoms with van der Waals surface area (Å²) in [5, 5.41) is 0.872. The Morgan fingerprint density at radius 1 is 1.47 bits per heavy atom. The fraction of sp³-hybridized carbons (Fsp3) is 0.538. The van der Waals surface area contributed by atoms with E-state index >= 15 is 0 Å². The Hall–Kier alpha value is -0.530. The summed E-state index contributed by atoms with van der Waals surface area (Å²) >= 11 is 6.08. The van der Waals surface area contributed by atoms with Crippen molar-refractivity contribution in [2.45, 2.75) is 25.7 Å². The molecule has 0 N–H and O–H groups in total. The van der Waals surface area contributed by atoms with Gasteiger partial charge in [0, 0.05) is 18.1 Å². The smallest absolute Gasteiger partial charge is 0.0409 e. The topological polar surface area (TPSA) is 3.24 Å². The molecule has 0 amide bonds. The summed E-state index contributed by atoms with van der Waals surface area (Å²) in [5.41, 5.74) is 2.95. The first-order valence-corrected chi connectivity index (χ1v) is 6.05. The van der Waals surface area contributed by atoms with Crippen LogP contribution in [0.2, 0.25) is 5.02 Å². The van der Waals surface area contributed by atoms with E-state index in [0.717, 1.165) is 24.5 Å². The Morgan fingerprint density at radius 3 is 3.00 bits per heavy atom. The molecule has 0 bridgehead atoms. The minimum Gasteiger partial charge on any atom is -0.305 e. The summed E-state index contributed by atoms with van der Waals surface area (Å²) in [6, 6.07) is 6.36. The highest BCUT2D eigenvalue weighted by atomic mass is 35.5. The molecule has 2 rings (SSSR count). The number of rotatable bonds is 1. The van der Waals surface area contributed by atoms with Crippen molar-refractivity contribution in [3.63, 3.8) is 0 Å². The predicted molar refractivity (Wildman–Crippen MR) is 65.7 cm³/mol. The molecule has 1 aliphatic heterocycles. The van der Waals surface area contributed by atoms with E-state index < -0.39 is 0 Å². The highest BCUT2D eigenvalue weighted by molar-refractivity contribution is 6.30. The number of fused-ring (bicyclic) bond motifs is 1. The third-order valence-corrected chi connectivity index (χ3v) is 3.57. The molecule has 0 radical (unpaired) electrons. The highest BCUT2D eigenvalue weighted by Crippen LogP contribution is 2.29. The zero-order valence-corrected chi connectivity index (χ0v) is 10.2. The monoisotopic (exact) mass is 223 g/mol. The summed E-state index contributed by atoms with van der Waals surface area (Å²) in [6.07, 6.45) is 2.34. The third-order valence-electron chi connectivity index (χ3n) is 3.34. The number of benzene rings is 1. The van der Waals surface area contributed by atoms with Crippen LogP contribution in [0, 0.1) is 0 Å². The maximum atomic E-state index is 6.08. The molecule has 0 spiro atoms. The Kier molecular flexibility index (Phi) is 3.32. The molecule has 1 aromatic carbocycles. The van der Waals surface area contributed by atoms with Crippen LogP contribution in [0.25, 0.3) is 0 Å². The van der Waals surface area contributed by atoms with Crippen molar-refractivity contribution in [1.29, 1.82) is 0 Å². The van der Waals surface area contributed by atoms with Crippen LogP contribution in [-0.2, 0) is 6.42 Å². The van der Waals surface area contributed by atoms with Gasteiger partial charge < -0.3 is 4.90 Å². The molecule has 1 aromatic rings. The standard InChI is InChI=1S/C13H18ClN/c1-3-10-9-15(2)7-6-11-4-5-12(14)8-13(10)11/h4-5,8,10H,3,6-7,9H2,1-2H3. The Balaban J connectivity index is 2.39. The second kappa shape index (κ2) is 4.54. The van der Waals surface area contributed by atoms with Gasteiger partial charge in [-0.1, -0.05) is 24.6 Å². The molecule has 82 valence electrons. The molecule has 1 unspecified atom stereocenters. The molecular weight excluding hydrogens is 206 g/mol. The van der Waals surface area contributed by atoms with Crippen LogP contribution < -0.4 is 0 Å². The number of nitrogens with zero attached hydrogens (tertiary/aromatic N) is 1. The molecule has 0 aromatic heterocycles. The second-order valence-corrected chi connectivity index (χ2v) is 4.90. The molecule has 1 atom stereocenters. The average Bonchev–Trinajstić information content (AvgIpc) is 2.38. The number of hydrogen-bond acceptors (Lipinski definition) is 1. The van der Waals surface area contributed by atoms with Crippen molar-refractivity contribution >= 4 is 11.6 Å². The van der Waals surface area contributed by atoms with Crippen molar-refractivity contribution < 1.29 is 0 Å². The second-order valence-electron chi connectivity index (χ2n) is 4.46. The van der Waals surface area contributed by atoms with Crippen molar-refractivity contribution in [2.24, 2.45) is 0 Å². The molecule has 0 fully saturated rings. The molecule has 0 saturated carbocycles. The lowest BCUT2D eigenvalue weighted by atomic mass is 9.92. The minimum atomic E-state index is 0.645. The Labute approximate surface area is 97.0 Å². The first-order chi connectivity index (χ1) is 7.20. The van der Waals surface area contributed by atoms with E-state index in [2.05, 4.69) is 31.0 Å². The van der Waals surface area contributed by atoms with Crippen molar-refractivity contribution in [1.82, 2.24) is 4.90 Å². The lowest BCUT2D eigenvalue weighted by Gasteiger charge is -2.19. The first-order valence-electron chi connectivity index (χ1n) is 5.67. The fourth-order valence-corrected chi connectivity index (χ4v) is 2.58. The summed E-state index contributed by atoms with van der Waals surface area (Å²) in [7, 11) is 2.20. The molecule has 0 aliphatic carbocycles. The van der Waals surface area contributed by atoms with Crippen LogP contribution >= 0.6 is 11.6 Å². The Morgan fingerprint density at radius 2 is 2.27 bits per heavy atom. The van der Waals surface area contributed by atoms with Gasteiger partial charge in [-0.2, -0.15) is 0 Å². The molecule has 2 heteroatoms. The van der Waals surface area contributed by atoms with Gasteiger partial charge >= 0.3 is 0 Å². The zero-order chi connectivity index (χ0) is 10.8. The normalized spacial score (nSPS) is 22.2. The van der Waals surface area contributed by atoms with Gasteiger partial charge in [0.2, 0.25) is 0 Å². The summed E-state index contributed by atoms with van der Waals surface area (Å²) in [4.78, 5) is 2.42. The van der Waals surface area contributed by atoms with Crippen LogP contribution in [-0.4, -0.2) is 25.0 Å². The third kappa shape index (κ3) is 2.35. The van der Waals surface area contributed by atoms with Crippen LogP contribution in [0.4, 0.5) is 0 Å². The van der Waals surface area contributed by atoms with E-state index in [9.17, 15) is 0 Å². The van der Waals surface area contributed by atoms with Gasteiger partial charge in [0.05, 0.1) is 0 Å². The lowest BCUT2D eigenvalue weighted by Crippen LogP contribution is -2.23. The van der Waals surface area contributed by atoms with E-state index in [0.29, 0.717) is 5.92 Å². The van der Waals surface area contributed by atoms with E-state index in [4.69, 9.17) is 11.6 Å². The summed E-state index contributed by atoms with van der Waals surface area (Å²) in [6.45, 7) is 4.57. The maximum Gasteiger partial charge on any atom is 0.0409 e. The highest BCUT2D eigenvalue weighted by Gasteiger charge is 2.19. The molecule has 1 aliphatic rings. The quantitative estimate of drug-likeness (QED) is 0.706. The lowest BCUT2D eigenvalue weighted by molar-refractivity contribution is 0.322. The largest absolute Gasteiger partial charge is 0.305 e. The molecule has 15 heavy (non-hydrogen) atoms. The van der Waals surface area contributed by atoms with Gasteiger partial charge in [-0.15, -0.1) is 0 Å². The maximum absolute atomic E-state index is 6.08. The van der Waals surface area contributed by atoms with Gasteiger partial charge in [0.15, 0.2) is 0 Å². The van der Waals surface area contributed by atoms with Crippen molar-refractivity contribution in [3.8, 4) is 0 Å². The van der Waals surface area contributed by atoms with Crippen molar-refractivity contribution in [2.75, 3.05) is 20.1 Å². The summed E-state index contributed by atoms with van der Waals surface area (Å²) in [5.74, 6) is 0.645. The van der Waals surface area contributed by atoms with Crippen LogP contribution in [0.1, 0.15) is 30.4 Å². The van der Waals surface area contributed by atoms with Gasteiger partial charge in [-0.25, -0.2) is 0 Å². The van der Waals surface area contributed by atoms with E-state index in [1.54, 1.807) is 0 Å². The van der Waals surface area contributed by atoms with Crippen LogP contribution in [0.15, 0.2) is 18.2 Å². The predicted octanol–water partition coefficient (Wildman–Crippen LogP) is 3.32. The van der Waals surface area contributed by atoms with E-state index in [1.807, 2.05) is 6.07 Å². The number of hydrogen-bond donors (Lipinski definition) is 0. The number of halogens is 1. The molecule has 0 saturated heterocycles. The van der Waals surface area contributed by atoms with E-state index in [-0.39, 0.29) is 0 Å². The van der Waals surface area contributed by atoms with Crippen LogP contribution in [0.3, 0.4) is 0 Å². The van der Waals surface area contributed by atoms with Gasteiger partial charge in [-0.3, -0.25) is 0 Å². The molecule has 1 nitrogen and oxygen atoms in total. The number of likely N-dealkylation sites (N-methyl/N-ethyl adjacent to an activating group) is 1. The van der Waals surface area contributed by atoms with Gasteiger partial charge in [0.1, 0.15) is 0 Å². The minimum absolute atomic E-state index is 0.645. The SMILES string of the molecule is CCC1CN(C)CCc2ccc(Cl)cc21.